The van der Waals surface area contributed by atoms with E-state index in [4.69, 9.17) is 17.2 Å². The molecule has 22 heavy (non-hydrogen) atoms. The van der Waals surface area contributed by atoms with Crippen LogP contribution in [0.1, 0.15) is 52.4 Å². The van der Waals surface area contributed by atoms with Crippen molar-refractivity contribution in [2.45, 2.75) is 52.4 Å². The highest BCUT2D eigenvalue weighted by Crippen LogP contribution is 2.42. The number of anilines is 3. The summed E-state index contributed by atoms with van der Waals surface area (Å²) >= 11 is 0. The van der Waals surface area contributed by atoms with Crippen molar-refractivity contribution in [2.24, 2.45) is 0 Å². The van der Waals surface area contributed by atoms with Crippen LogP contribution in [0.5, 0.6) is 0 Å². The molecule has 0 aliphatic carbocycles. The first-order chi connectivity index (χ1) is 10.3. The molecule has 0 atom stereocenters. The van der Waals surface area contributed by atoms with Crippen molar-refractivity contribution in [1.82, 2.24) is 15.0 Å². The molecule has 0 saturated carbocycles. The third-order valence-corrected chi connectivity index (χ3v) is 4.94. The molecule has 0 spiro atoms. The Balaban J connectivity index is 0.000000425. The molecule has 0 aliphatic heterocycles. The second-order valence-corrected chi connectivity index (χ2v) is 7.70. The minimum absolute atomic E-state index is 0.0417. The Morgan fingerprint density at radius 1 is 0.818 bits per heavy atom. The molecule has 0 unspecified atom stereocenters. The maximum absolute atomic E-state index is 11.5. The largest absolute Gasteiger partial charge is 0.368 e. The second kappa shape index (κ2) is 11.2. The topological polar surface area (TPSA) is 154 Å². The van der Waals surface area contributed by atoms with Crippen molar-refractivity contribution in [2.75, 3.05) is 29.5 Å². The van der Waals surface area contributed by atoms with Gasteiger partial charge in [0.05, 0.1) is 0 Å². The molecule has 1 aromatic heterocycles. The van der Waals surface area contributed by atoms with Crippen LogP contribution in [0.15, 0.2) is 0 Å². The van der Waals surface area contributed by atoms with Crippen molar-refractivity contribution in [3.05, 3.63) is 0 Å². The van der Waals surface area contributed by atoms with Gasteiger partial charge in [0.25, 0.3) is 0 Å². The zero-order valence-electron chi connectivity index (χ0n) is 13.5. The number of hydrogen-bond acceptors (Lipinski definition) is 7. The van der Waals surface area contributed by atoms with Crippen LogP contribution in [-0.4, -0.2) is 32.2 Å². The van der Waals surface area contributed by atoms with Crippen molar-refractivity contribution in [1.29, 1.82) is 0 Å². The van der Waals surface area contributed by atoms with E-state index in [0.717, 1.165) is 38.5 Å². The van der Waals surface area contributed by atoms with Crippen LogP contribution >= 0.6 is 7.37 Å². The molecule has 0 fully saturated rings. The summed E-state index contributed by atoms with van der Waals surface area (Å²) in [5, 5.41) is 0. The van der Waals surface area contributed by atoms with Gasteiger partial charge in [-0.3, -0.25) is 4.57 Å². The summed E-state index contributed by atoms with van der Waals surface area (Å²) in [5.74, 6) is 0.125. The van der Waals surface area contributed by atoms with Crippen molar-refractivity contribution >= 4 is 25.2 Å². The van der Waals surface area contributed by atoms with Gasteiger partial charge in [-0.05, 0) is 12.8 Å². The fourth-order valence-corrected chi connectivity index (χ4v) is 3.42. The van der Waals surface area contributed by atoms with Crippen molar-refractivity contribution in [3.63, 3.8) is 0 Å². The molecule has 1 rings (SSSR count). The summed E-state index contributed by atoms with van der Waals surface area (Å²) < 4.78 is 11.5. The van der Waals surface area contributed by atoms with Gasteiger partial charge in [0.15, 0.2) is 0 Å². The number of hydrogen-bond donors (Lipinski definition) is 4. The molecular formula is C13H29N6O2P. The minimum Gasteiger partial charge on any atom is -0.368 e. The fraction of sp³-hybridized carbons (Fsp3) is 0.769. The van der Waals surface area contributed by atoms with E-state index in [0.29, 0.717) is 12.3 Å². The van der Waals surface area contributed by atoms with E-state index in [9.17, 15) is 9.46 Å². The molecular weight excluding hydrogens is 303 g/mol. The molecule has 0 saturated heterocycles. The van der Waals surface area contributed by atoms with E-state index in [-0.39, 0.29) is 17.8 Å². The number of nitrogens with zero attached hydrogens (tertiary/aromatic N) is 3. The minimum atomic E-state index is -2.75. The van der Waals surface area contributed by atoms with Crippen LogP contribution in [0, 0.1) is 0 Å². The summed E-state index contributed by atoms with van der Waals surface area (Å²) in [5.41, 5.74) is 15.4. The summed E-state index contributed by atoms with van der Waals surface area (Å²) in [6.07, 6.45) is 7.29. The molecule has 0 bridgehead atoms. The smallest absolute Gasteiger partial charge is 0.226 e. The van der Waals surface area contributed by atoms with E-state index >= 15 is 0 Å². The van der Waals surface area contributed by atoms with E-state index in [2.05, 4.69) is 28.8 Å². The van der Waals surface area contributed by atoms with Crippen LogP contribution in [0.3, 0.4) is 0 Å². The van der Waals surface area contributed by atoms with Gasteiger partial charge >= 0.3 is 0 Å². The predicted molar refractivity (Wildman–Crippen MR) is 91.7 cm³/mol. The standard InChI is InChI=1S/C10H23O2P.C3H6N6/c1-3-5-7-9-13(11,12)10-8-6-4-2;4-1-7-2(5)9-3(6)8-1/h3-10H2,1-2H3,(H,11,12);(H6,4,5,6,7,8,9). The molecule has 0 radical (unpaired) electrons. The summed E-state index contributed by atoms with van der Waals surface area (Å²) in [6.45, 7) is 4.22. The van der Waals surface area contributed by atoms with E-state index in [1.165, 1.54) is 0 Å². The Bertz CT molecular complexity index is 407. The average molecular weight is 332 g/mol. The van der Waals surface area contributed by atoms with E-state index < -0.39 is 7.37 Å². The van der Waals surface area contributed by atoms with Gasteiger partial charge in [0.2, 0.25) is 25.2 Å². The Morgan fingerprint density at radius 2 is 1.14 bits per heavy atom. The Labute approximate surface area is 132 Å². The summed E-state index contributed by atoms with van der Waals surface area (Å²) in [7, 11) is -2.75. The van der Waals surface area contributed by atoms with Gasteiger partial charge in [-0.2, -0.15) is 15.0 Å². The Kier molecular flexibility index (Phi) is 10.5. The molecule has 0 aromatic carbocycles. The van der Waals surface area contributed by atoms with Crippen LogP contribution in [0.2, 0.25) is 0 Å². The van der Waals surface area contributed by atoms with Gasteiger partial charge in [-0.15, -0.1) is 0 Å². The first-order valence-corrected chi connectivity index (χ1v) is 9.67. The lowest BCUT2D eigenvalue weighted by Gasteiger charge is -2.10. The first-order valence-electron chi connectivity index (χ1n) is 7.64. The molecule has 9 heteroatoms. The Hall–Kier alpha value is -1.40. The fourth-order valence-electron chi connectivity index (χ4n) is 1.76. The lowest BCUT2D eigenvalue weighted by Crippen LogP contribution is -2.05. The van der Waals surface area contributed by atoms with E-state index in [1.807, 2.05) is 0 Å². The number of nitrogen functional groups attached to an aromatic ring is 3. The number of nitrogens with two attached hydrogens (primary N) is 3. The molecule has 0 amide bonds. The average Bonchev–Trinajstić information content (AvgIpc) is 2.38. The highest BCUT2D eigenvalue weighted by Gasteiger charge is 2.15. The van der Waals surface area contributed by atoms with Crippen LogP contribution in [-0.2, 0) is 4.57 Å². The maximum Gasteiger partial charge on any atom is 0.226 e. The third-order valence-electron chi connectivity index (χ3n) is 2.91. The monoisotopic (exact) mass is 332 g/mol. The van der Waals surface area contributed by atoms with Gasteiger partial charge < -0.3 is 22.1 Å². The molecule has 8 nitrogen and oxygen atoms in total. The molecule has 0 aliphatic rings. The van der Waals surface area contributed by atoms with E-state index in [1.54, 1.807) is 0 Å². The van der Waals surface area contributed by atoms with Gasteiger partial charge in [-0.1, -0.05) is 39.5 Å². The second-order valence-electron chi connectivity index (χ2n) is 5.12. The predicted octanol–water partition coefficient (Wildman–Crippen LogP) is 2.26. The third kappa shape index (κ3) is 11.3. The Morgan fingerprint density at radius 3 is 1.41 bits per heavy atom. The first kappa shape index (κ1) is 20.6. The SMILES string of the molecule is CCCCCP(=O)(O)CCCCC.Nc1nc(N)nc(N)n1. The highest BCUT2D eigenvalue weighted by molar-refractivity contribution is 7.57. The van der Waals surface area contributed by atoms with Crippen molar-refractivity contribution < 1.29 is 9.46 Å². The van der Waals surface area contributed by atoms with Crippen molar-refractivity contribution in [3.8, 4) is 0 Å². The zero-order chi connectivity index (χ0) is 17.0. The molecule has 128 valence electrons. The number of rotatable bonds is 8. The van der Waals surface area contributed by atoms with Crippen LogP contribution in [0.4, 0.5) is 17.8 Å². The van der Waals surface area contributed by atoms with Gasteiger partial charge in [-0.25, -0.2) is 0 Å². The lowest BCUT2D eigenvalue weighted by molar-refractivity contribution is 0.471. The highest BCUT2D eigenvalue weighted by atomic mass is 31.2. The molecule has 1 aromatic rings. The quantitative estimate of drug-likeness (QED) is 0.417. The lowest BCUT2D eigenvalue weighted by atomic mass is 10.3. The number of aromatic nitrogens is 3. The number of unbranched alkanes of at least 4 members (excludes halogenated alkanes) is 4. The maximum atomic E-state index is 11.5. The molecule has 1 heterocycles. The van der Waals surface area contributed by atoms with Crippen LogP contribution < -0.4 is 17.2 Å². The van der Waals surface area contributed by atoms with Crippen LogP contribution in [0.25, 0.3) is 0 Å². The van der Waals surface area contributed by atoms with Gasteiger partial charge in [0, 0.05) is 12.3 Å². The summed E-state index contributed by atoms with van der Waals surface area (Å²) in [6, 6.07) is 0. The molecule has 7 N–H and O–H groups in total. The zero-order valence-corrected chi connectivity index (χ0v) is 14.4. The normalized spacial score (nSPS) is 10.9. The van der Waals surface area contributed by atoms with Gasteiger partial charge in [0.1, 0.15) is 0 Å². The summed E-state index contributed by atoms with van der Waals surface area (Å²) in [4.78, 5) is 20.0.